The van der Waals surface area contributed by atoms with Crippen molar-refractivity contribution in [3.8, 4) is 16.9 Å². The molecule has 1 heterocycles. The standard InChI is InChI=1S/C34H43NO3/c1-23(2)21-28-10-9-27-22-26(30-7-5-6-8-32(30)36)13-16-31(27)33(28)24-11-14-29(15-12-24)35-19-17-25(18-20-35)34(37-3)38-4/h5-8,11-16,22-23,25,28,33-34,36H,9-10,17-21H2,1-4H3. The van der Waals surface area contributed by atoms with Crippen molar-refractivity contribution in [2.45, 2.75) is 58.2 Å². The lowest BCUT2D eigenvalue weighted by Crippen LogP contribution is -2.39. The minimum Gasteiger partial charge on any atom is -0.507 e. The third-order valence-corrected chi connectivity index (χ3v) is 8.73. The van der Waals surface area contributed by atoms with Crippen molar-refractivity contribution in [1.82, 2.24) is 0 Å². The lowest BCUT2D eigenvalue weighted by molar-refractivity contribution is -0.141. The first-order valence-corrected chi connectivity index (χ1v) is 14.3. The number of phenols is 1. The molecule has 38 heavy (non-hydrogen) atoms. The summed E-state index contributed by atoms with van der Waals surface area (Å²) in [6.45, 7) is 6.76. The van der Waals surface area contributed by atoms with Gasteiger partial charge < -0.3 is 19.5 Å². The number of nitrogens with zero attached hydrogens (tertiary/aromatic N) is 1. The fraction of sp³-hybridized carbons (Fsp3) is 0.471. The Hall–Kier alpha value is -2.82. The van der Waals surface area contributed by atoms with Crippen molar-refractivity contribution in [2.75, 3.05) is 32.2 Å². The van der Waals surface area contributed by atoms with E-state index in [9.17, 15) is 5.11 Å². The molecule has 202 valence electrons. The maximum Gasteiger partial charge on any atom is 0.159 e. The number of ether oxygens (including phenoxy) is 2. The van der Waals surface area contributed by atoms with Crippen molar-refractivity contribution in [1.29, 1.82) is 0 Å². The average molecular weight is 514 g/mol. The van der Waals surface area contributed by atoms with Crippen molar-refractivity contribution in [2.24, 2.45) is 17.8 Å². The predicted molar refractivity (Wildman–Crippen MR) is 156 cm³/mol. The molecule has 1 fully saturated rings. The van der Waals surface area contributed by atoms with Crippen LogP contribution in [0.15, 0.2) is 66.7 Å². The van der Waals surface area contributed by atoms with Crippen LogP contribution in [0.2, 0.25) is 0 Å². The molecule has 0 saturated carbocycles. The van der Waals surface area contributed by atoms with Crippen molar-refractivity contribution >= 4 is 5.69 Å². The largest absolute Gasteiger partial charge is 0.507 e. The van der Waals surface area contributed by atoms with E-state index in [0.29, 0.717) is 29.4 Å². The summed E-state index contributed by atoms with van der Waals surface area (Å²) in [7, 11) is 3.48. The Morgan fingerprint density at radius 2 is 1.61 bits per heavy atom. The Morgan fingerprint density at radius 1 is 0.895 bits per heavy atom. The molecule has 1 N–H and O–H groups in total. The molecule has 0 radical (unpaired) electrons. The zero-order valence-electron chi connectivity index (χ0n) is 23.4. The van der Waals surface area contributed by atoms with Gasteiger partial charge in [0.1, 0.15) is 5.75 Å². The minimum absolute atomic E-state index is 0.102. The Kier molecular flexibility index (Phi) is 8.40. The zero-order chi connectivity index (χ0) is 26.6. The molecule has 2 aliphatic rings. The number of aromatic hydroxyl groups is 1. The number of fused-ring (bicyclic) bond motifs is 1. The highest BCUT2D eigenvalue weighted by molar-refractivity contribution is 5.71. The van der Waals surface area contributed by atoms with Crippen LogP contribution in [0.4, 0.5) is 5.69 Å². The molecule has 1 aliphatic heterocycles. The number of para-hydroxylation sites is 1. The first kappa shape index (κ1) is 26.8. The molecule has 4 heteroatoms. The van der Waals surface area contributed by atoms with Crippen molar-refractivity contribution < 1.29 is 14.6 Å². The monoisotopic (exact) mass is 513 g/mol. The van der Waals surface area contributed by atoms with Crippen LogP contribution < -0.4 is 4.90 Å². The summed E-state index contributed by atoms with van der Waals surface area (Å²) in [6, 6.07) is 23.9. The van der Waals surface area contributed by atoms with E-state index in [1.165, 1.54) is 35.2 Å². The first-order chi connectivity index (χ1) is 18.5. The molecular weight excluding hydrogens is 470 g/mol. The topological polar surface area (TPSA) is 41.9 Å². The number of aryl methyl sites for hydroxylation is 1. The van der Waals surface area contributed by atoms with Crippen LogP contribution in [-0.2, 0) is 15.9 Å². The lowest BCUT2D eigenvalue weighted by Gasteiger charge is -2.37. The van der Waals surface area contributed by atoms with E-state index < -0.39 is 0 Å². The smallest absolute Gasteiger partial charge is 0.159 e. The normalized spacial score (nSPS) is 20.2. The maximum atomic E-state index is 10.4. The molecule has 0 bridgehead atoms. The fourth-order valence-corrected chi connectivity index (χ4v) is 6.89. The molecule has 3 aromatic rings. The van der Waals surface area contributed by atoms with Crippen LogP contribution in [0.25, 0.3) is 11.1 Å². The van der Waals surface area contributed by atoms with E-state index in [1.807, 2.05) is 18.2 Å². The summed E-state index contributed by atoms with van der Waals surface area (Å²) in [5.41, 5.74) is 7.62. The Labute approximate surface area is 228 Å². The van der Waals surface area contributed by atoms with E-state index in [4.69, 9.17) is 9.47 Å². The summed E-state index contributed by atoms with van der Waals surface area (Å²) in [5.74, 6) is 2.52. The molecule has 2 unspecified atom stereocenters. The number of anilines is 1. The number of piperidine rings is 1. The molecular formula is C34H43NO3. The molecule has 0 aromatic heterocycles. The maximum absolute atomic E-state index is 10.4. The number of phenolic OH excluding ortho intramolecular Hbond substituents is 1. The van der Waals surface area contributed by atoms with Gasteiger partial charge in [0.25, 0.3) is 0 Å². The Balaban J connectivity index is 1.39. The van der Waals surface area contributed by atoms with E-state index in [0.717, 1.165) is 43.5 Å². The second kappa shape index (κ2) is 11.9. The summed E-state index contributed by atoms with van der Waals surface area (Å²) >= 11 is 0. The highest BCUT2D eigenvalue weighted by Crippen LogP contribution is 2.45. The van der Waals surface area contributed by atoms with Crippen LogP contribution in [0.1, 0.15) is 62.1 Å². The van der Waals surface area contributed by atoms with E-state index in [2.05, 4.69) is 61.2 Å². The molecule has 4 nitrogen and oxygen atoms in total. The molecule has 0 spiro atoms. The quantitative estimate of drug-likeness (QED) is 0.314. The molecule has 0 amide bonds. The number of hydrogen-bond acceptors (Lipinski definition) is 4. The third-order valence-electron chi connectivity index (χ3n) is 8.73. The van der Waals surface area contributed by atoms with Gasteiger partial charge in [0.2, 0.25) is 0 Å². The average Bonchev–Trinajstić information content (AvgIpc) is 2.94. The van der Waals surface area contributed by atoms with Crippen LogP contribution in [0.3, 0.4) is 0 Å². The van der Waals surface area contributed by atoms with Crippen molar-refractivity contribution in [3.05, 3.63) is 83.4 Å². The minimum atomic E-state index is -0.102. The molecule has 2 atom stereocenters. The summed E-state index contributed by atoms with van der Waals surface area (Å²) < 4.78 is 11.0. The van der Waals surface area contributed by atoms with Gasteiger partial charge in [0.05, 0.1) is 0 Å². The van der Waals surface area contributed by atoms with Gasteiger partial charge >= 0.3 is 0 Å². The molecule has 5 rings (SSSR count). The second-order valence-corrected chi connectivity index (χ2v) is 11.6. The van der Waals surface area contributed by atoms with Gasteiger partial charge in [-0.05, 0) is 84.4 Å². The summed E-state index contributed by atoms with van der Waals surface area (Å²) in [4.78, 5) is 2.50. The van der Waals surface area contributed by atoms with Crippen LogP contribution in [0.5, 0.6) is 5.75 Å². The number of methoxy groups -OCH3 is 2. The van der Waals surface area contributed by atoms with E-state index in [-0.39, 0.29) is 6.29 Å². The number of rotatable bonds is 8. The number of benzene rings is 3. The van der Waals surface area contributed by atoms with Gasteiger partial charge in [-0.25, -0.2) is 0 Å². The predicted octanol–water partition coefficient (Wildman–Crippen LogP) is 7.63. The van der Waals surface area contributed by atoms with Gasteiger partial charge in [-0.2, -0.15) is 0 Å². The van der Waals surface area contributed by atoms with Crippen LogP contribution in [-0.4, -0.2) is 38.7 Å². The van der Waals surface area contributed by atoms with E-state index in [1.54, 1.807) is 20.3 Å². The summed E-state index contributed by atoms with van der Waals surface area (Å²) in [6.07, 6.45) is 5.60. The Morgan fingerprint density at radius 3 is 2.26 bits per heavy atom. The van der Waals surface area contributed by atoms with Gasteiger partial charge in [-0.15, -0.1) is 0 Å². The molecule has 1 aliphatic carbocycles. The van der Waals surface area contributed by atoms with Gasteiger partial charge in [0.15, 0.2) is 6.29 Å². The second-order valence-electron chi connectivity index (χ2n) is 11.6. The van der Waals surface area contributed by atoms with Crippen molar-refractivity contribution in [3.63, 3.8) is 0 Å². The third kappa shape index (κ3) is 5.62. The SMILES string of the molecule is COC(OC)C1CCN(c2ccc(C3c4ccc(-c5ccccc5O)cc4CCC3CC(C)C)cc2)CC1. The molecule has 3 aromatic carbocycles. The fourth-order valence-electron chi connectivity index (χ4n) is 6.89. The molecule has 1 saturated heterocycles. The number of hydrogen-bond donors (Lipinski definition) is 1. The van der Waals surface area contributed by atoms with Gasteiger partial charge in [-0.1, -0.05) is 62.4 Å². The Bertz CT molecular complexity index is 1190. The highest BCUT2D eigenvalue weighted by Gasteiger charge is 2.32. The highest BCUT2D eigenvalue weighted by atomic mass is 16.7. The summed E-state index contributed by atoms with van der Waals surface area (Å²) in [5, 5.41) is 10.4. The van der Waals surface area contributed by atoms with Gasteiger partial charge in [0, 0.05) is 50.4 Å². The zero-order valence-corrected chi connectivity index (χ0v) is 23.4. The van der Waals surface area contributed by atoms with E-state index >= 15 is 0 Å². The van der Waals surface area contributed by atoms with Crippen LogP contribution in [0, 0.1) is 17.8 Å². The van der Waals surface area contributed by atoms with Gasteiger partial charge in [-0.3, -0.25) is 0 Å². The first-order valence-electron chi connectivity index (χ1n) is 14.3. The lowest BCUT2D eigenvalue weighted by atomic mass is 9.69. The van der Waals surface area contributed by atoms with Crippen LogP contribution >= 0.6 is 0 Å².